The second-order valence-corrected chi connectivity index (χ2v) is 6.38. The van der Waals surface area contributed by atoms with Gasteiger partial charge in [0.15, 0.2) is 0 Å². The fourth-order valence-electron chi connectivity index (χ4n) is 3.01. The molecule has 0 unspecified atom stereocenters. The van der Waals surface area contributed by atoms with Gasteiger partial charge in [0.2, 0.25) is 0 Å². The Morgan fingerprint density at radius 2 is 1.91 bits per heavy atom. The maximum Gasteiger partial charge on any atom is 0.130 e. The Kier molecular flexibility index (Phi) is 4.85. The zero-order valence-corrected chi connectivity index (χ0v) is 13.9. The first kappa shape index (κ1) is 15.9. The number of nitrogens with zero attached hydrogens (tertiary/aromatic N) is 2. The Morgan fingerprint density at radius 1 is 1.17 bits per heavy atom. The van der Waals surface area contributed by atoms with Gasteiger partial charge in [-0.05, 0) is 62.7 Å². The normalized spacial score (nSPS) is 16.0. The van der Waals surface area contributed by atoms with Crippen LogP contribution in [0.5, 0.6) is 11.5 Å². The number of ether oxygens (including phenoxy) is 1. The number of benzene rings is 2. The lowest BCUT2D eigenvalue weighted by Crippen LogP contribution is -2.29. The van der Waals surface area contributed by atoms with Gasteiger partial charge < -0.3 is 9.64 Å². The number of para-hydroxylation sites is 1. The van der Waals surface area contributed by atoms with Crippen LogP contribution in [-0.4, -0.2) is 25.0 Å². The molecule has 2 aromatic rings. The Morgan fingerprint density at radius 3 is 2.61 bits per heavy atom. The van der Waals surface area contributed by atoms with Crippen LogP contribution >= 0.6 is 11.6 Å². The third kappa shape index (κ3) is 3.67. The van der Waals surface area contributed by atoms with Crippen LogP contribution in [0, 0.1) is 11.3 Å². The van der Waals surface area contributed by atoms with Crippen molar-refractivity contribution in [2.24, 2.45) is 0 Å². The van der Waals surface area contributed by atoms with E-state index >= 15 is 0 Å². The second-order valence-electron chi connectivity index (χ2n) is 5.97. The maximum atomic E-state index is 8.96. The first-order valence-corrected chi connectivity index (χ1v) is 8.20. The number of likely N-dealkylation sites (tertiary alicyclic amines) is 1. The molecule has 2 aromatic carbocycles. The molecule has 1 fully saturated rings. The van der Waals surface area contributed by atoms with E-state index in [1.54, 1.807) is 18.2 Å². The largest absolute Gasteiger partial charge is 0.457 e. The quantitative estimate of drug-likeness (QED) is 0.811. The molecule has 0 atom stereocenters. The summed E-state index contributed by atoms with van der Waals surface area (Å²) in [4.78, 5) is 2.36. The highest BCUT2D eigenvalue weighted by molar-refractivity contribution is 6.31. The molecular formula is C19H19ClN2O. The highest BCUT2D eigenvalue weighted by Gasteiger charge is 2.21. The molecule has 0 aliphatic carbocycles. The van der Waals surface area contributed by atoms with E-state index in [2.05, 4.69) is 30.1 Å². The van der Waals surface area contributed by atoms with E-state index in [1.165, 1.54) is 5.56 Å². The first-order chi connectivity index (χ1) is 11.2. The molecule has 118 valence electrons. The number of hydrogen-bond acceptors (Lipinski definition) is 3. The van der Waals surface area contributed by atoms with Crippen molar-refractivity contribution in [1.29, 1.82) is 5.26 Å². The SMILES string of the molecule is CN1CCC(c2ccccc2Oc2ccc(C#N)c(Cl)c2)CC1. The zero-order valence-electron chi connectivity index (χ0n) is 13.1. The van der Waals surface area contributed by atoms with Crippen molar-refractivity contribution in [3.05, 3.63) is 58.6 Å². The Bertz CT molecular complexity index is 730. The smallest absolute Gasteiger partial charge is 0.130 e. The maximum absolute atomic E-state index is 8.96. The van der Waals surface area contributed by atoms with E-state index in [1.807, 2.05) is 12.1 Å². The molecule has 4 heteroatoms. The van der Waals surface area contributed by atoms with Gasteiger partial charge in [-0.3, -0.25) is 0 Å². The minimum Gasteiger partial charge on any atom is -0.457 e. The standard InChI is InChI=1S/C19H19ClN2O/c1-22-10-8-14(9-11-22)17-4-2-3-5-19(17)23-16-7-6-15(13-21)18(20)12-16/h2-7,12,14H,8-11H2,1H3. The average Bonchev–Trinajstić information content (AvgIpc) is 2.56. The van der Waals surface area contributed by atoms with Gasteiger partial charge in [-0.15, -0.1) is 0 Å². The number of hydrogen-bond donors (Lipinski definition) is 0. The van der Waals surface area contributed by atoms with Gasteiger partial charge in [0.1, 0.15) is 17.6 Å². The van der Waals surface area contributed by atoms with Gasteiger partial charge in [-0.25, -0.2) is 0 Å². The van der Waals surface area contributed by atoms with Crippen LogP contribution in [0.3, 0.4) is 0 Å². The lowest BCUT2D eigenvalue weighted by atomic mass is 9.89. The summed E-state index contributed by atoms with van der Waals surface area (Å²) >= 11 is 6.09. The van der Waals surface area contributed by atoms with Crippen LogP contribution in [0.25, 0.3) is 0 Å². The third-order valence-corrected chi connectivity index (χ3v) is 4.68. The monoisotopic (exact) mass is 326 g/mol. The van der Waals surface area contributed by atoms with Gasteiger partial charge in [0.25, 0.3) is 0 Å². The van der Waals surface area contributed by atoms with Crippen LogP contribution in [0.1, 0.15) is 29.9 Å². The summed E-state index contributed by atoms with van der Waals surface area (Å²) in [6.07, 6.45) is 2.29. The Labute approximate surface area is 142 Å². The molecule has 1 heterocycles. The summed E-state index contributed by atoms with van der Waals surface area (Å²) < 4.78 is 6.06. The van der Waals surface area contributed by atoms with E-state index in [9.17, 15) is 0 Å². The fourth-order valence-corrected chi connectivity index (χ4v) is 3.22. The van der Waals surface area contributed by atoms with Crippen molar-refractivity contribution in [3.63, 3.8) is 0 Å². The Hall–Kier alpha value is -2.02. The van der Waals surface area contributed by atoms with Gasteiger partial charge in [-0.2, -0.15) is 5.26 Å². The third-order valence-electron chi connectivity index (χ3n) is 4.37. The topological polar surface area (TPSA) is 36.3 Å². The molecule has 0 N–H and O–H groups in total. The first-order valence-electron chi connectivity index (χ1n) is 7.82. The van der Waals surface area contributed by atoms with E-state index in [4.69, 9.17) is 21.6 Å². The zero-order chi connectivity index (χ0) is 16.2. The predicted molar refractivity (Wildman–Crippen MR) is 92.2 cm³/mol. The molecule has 3 rings (SSSR count). The van der Waals surface area contributed by atoms with E-state index < -0.39 is 0 Å². The van der Waals surface area contributed by atoms with Crippen molar-refractivity contribution >= 4 is 11.6 Å². The summed E-state index contributed by atoms with van der Waals surface area (Å²) in [5.74, 6) is 2.06. The summed E-state index contributed by atoms with van der Waals surface area (Å²) in [7, 11) is 2.16. The van der Waals surface area contributed by atoms with Crippen LogP contribution in [0.4, 0.5) is 0 Å². The van der Waals surface area contributed by atoms with Gasteiger partial charge in [-0.1, -0.05) is 29.8 Å². The van der Waals surface area contributed by atoms with Crippen molar-refractivity contribution in [1.82, 2.24) is 4.90 Å². The predicted octanol–water partition coefficient (Wildman–Crippen LogP) is 4.81. The van der Waals surface area contributed by atoms with Crippen molar-refractivity contribution in [2.75, 3.05) is 20.1 Å². The van der Waals surface area contributed by atoms with Crippen LogP contribution in [0.2, 0.25) is 5.02 Å². The fraction of sp³-hybridized carbons (Fsp3) is 0.316. The summed E-state index contributed by atoms with van der Waals surface area (Å²) in [5.41, 5.74) is 1.71. The molecule has 1 aliphatic heterocycles. The molecule has 0 radical (unpaired) electrons. The molecule has 0 aromatic heterocycles. The van der Waals surface area contributed by atoms with Gasteiger partial charge in [0.05, 0.1) is 10.6 Å². The summed E-state index contributed by atoms with van der Waals surface area (Å²) in [6.45, 7) is 2.23. The molecule has 0 spiro atoms. The minimum absolute atomic E-state index is 0.418. The summed E-state index contributed by atoms with van der Waals surface area (Å²) in [5, 5.41) is 9.37. The van der Waals surface area contributed by atoms with Crippen LogP contribution in [-0.2, 0) is 0 Å². The molecular weight excluding hydrogens is 308 g/mol. The number of rotatable bonds is 3. The number of piperidine rings is 1. The minimum atomic E-state index is 0.418. The molecule has 23 heavy (non-hydrogen) atoms. The van der Waals surface area contributed by atoms with E-state index in [0.717, 1.165) is 31.7 Å². The van der Waals surface area contributed by atoms with Gasteiger partial charge in [0, 0.05) is 6.07 Å². The molecule has 3 nitrogen and oxygen atoms in total. The highest BCUT2D eigenvalue weighted by atomic mass is 35.5. The van der Waals surface area contributed by atoms with E-state index in [-0.39, 0.29) is 0 Å². The number of nitriles is 1. The summed E-state index contributed by atoms with van der Waals surface area (Å²) in [6, 6.07) is 15.4. The second kappa shape index (κ2) is 7.04. The van der Waals surface area contributed by atoms with Crippen molar-refractivity contribution < 1.29 is 4.74 Å². The molecule has 0 amide bonds. The Balaban J connectivity index is 1.83. The van der Waals surface area contributed by atoms with Crippen molar-refractivity contribution in [2.45, 2.75) is 18.8 Å². The lowest BCUT2D eigenvalue weighted by molar-refractivity contribution is 0.253. The molecule has 0 bridgehead atoms. The molecule has 1 aliphatic rings. The van der Waals surface area contributed by atoms with Gasteiger partial charge >= 0.3 is 0 Å². The molecule has 1 saturated heterocycles. The van der Waals surface area contributed by atoms with E-state index in [0.29, 0.717) is 22.3 Å². The van der Waals surface area contributed by atoms with Crippen molar-refractivity contribution in [3.8, 4) is 17.6 Å². The average molecular weight is 327 g/mol. The number of halogens is 1. The van der Waals surface area contributed by atoms with Crippen LogP contribution < -0.4 is 4.74 Å². The lowest BCUT2D eigenvalue weighted by Gasteiger charge is -2.30. The molecule has 0 saturated carbocycles. The highest BCUT2D eigenvalue weighted by Crippen LogP contribution is 2.36. The van der Waals surface area contributed by atoms with Crippen LogP contribution in [0.15, 0.2) is 42.5 Å².